The summed E-state index contributed by atoms with van der Waals surface area (Å²) in [5, 5.41) is 0. The molecular formula is C34H40N3O3+. The molecule has 1 spiro atoms. The first-order valence-corrected chi connectivity index (χ1v) is 14.6. The van der Waals surface area contributed by atoms with E-state index in [4.69, 9.17) is 4.74 Å². The number of ether oxygens (including phenoxy) is 1. The van der Waals surface area contributed by atoms with Gasteiger partial charge in [-0.1, -0.05) is 60.7 Å². The van der Waals surface area contributed by atoms with Crippen LogP contribution in [-0.4, -0.2) is 40.5 Å². The summed E-state index contributed by atoms with van der Waals surface area (Å²) in [5.74, 6) is 0.487. The van der Waals surface area contributed by atoms with Gasteiger partial charge in [0.1, 0.15) is 11.6 Å². The Kier molecular flexibility index (Phi) is 6.89. The number of nitrogens with zero attached hydrogens (tertiary/aromatic N) is 3. The van der Waals surface area contributed by atoms with Crippen molar-refractivity contribution in [3.05, 3.63) is 102 Å². The molecule has 0 unspecified atom stereocenters. The topological polar surface area (TPSA) is 53.7 Å². The molecular weight excluding hydrogens is 498 g/mol. The van der Waals surface area contributed by atoms with E-state index in [2.05, 4.69) is 70.4 Å². The van der Waals surface area contributed by atoms with Crippen molar-refractivity contribution in [1.29, 1.82) is 0 Å². The quantitative estimate of drug-likeness (QED) is 0.384. The van der Waals surface area contributed by atoms with Crippen LogP contribution in [0, 0.1) is 5.92 Å². The molecule has 0 bridgehead atoms. The summed E-state index contributed by atoms with van der Waals surface area (Å²) in [4.78, 5) is 30.8. The molecule has 40 heavy (non-hydrogen) atoms. The summed E-state index contributed by atoms with van der Waals surface area (Å²) < 4.78 is 7.85. The summed E-state index contributed by atoms with van der Waals surface area (Å²) in [6.45, 7) is 7.80. The van der Waals surface area contributed by atoms with E-state index in [0.29, 0.717) is 26.1 Å². The highest BCUT2D eigenvalue weighted by molar-refractivity contribution is 5.81. The monoisotopic (exact) mass is 538 g/mol. The number of likely N-dealkylation sites (tertiary alicyclic amines) is 2. The number of carbonyl (C=O) groups excluding carboxylic acids is 2. The fourth-order valence-electron chi connectivity index (χ4n) is 7.33. The molecule has 2 amide bonds. The Balaban J connectivity index is 1.33. The Morgan fingerprint density at radius 1 is 0.975 bits per heavy atom. The summed E-state index contributed by atoms with van der Waals surface area (Å²) in [6.07, 6.45) is 7.26. The molecule has 3 aromatic rings. The number of aromatic nitrogens is 1. The Hall–Kier alpha value is -3.67. The van der Waals surface area contributed by atoms with Crippen molar-refractivity contribution in [2.75, 3.05) is 13.1 Å². The summed E-state index contributed by atoms with van der Waals surface area (Å²) in [6, 6.07) is 25.3. The molecule has 0 saturated carbocycles. The molecule has 2 saturated heterocycles. The van der Waals surface area contributed by atoms with E-state index in [1.54, 1.807) is 0 Å². The number of pyridine rings is 1. The van der Waals surface area contributed by atoms with Crippen molar-refractivity contribution < 1.29 is 18.9 Å². The average Bonchev–Trinajstić information content (AvgIpc) is 3.27. The highest BCUT2D eigenvalue weighted by atomic mass is 16.6. The minimum absolute atomic E-state index is 0.0248. The third kappa shape index (κ3) is 5.00. The predicted molar refractivity (Wildman–Crippen MR) is 153 cm³/mol. The van der Waals surface area contributed by atoms with E-state index < -0.39 is 5.60 Å². The molecule has 6 rings (SSSR count). The second-order valence-corrected chi connectivity index (χ2v) is 12.7. The SMILES string of the molecule is CC(C)(C)OC(=O)N1CCC2(CC1)C[C@@H]1CC(=O)N([C@H](C[n+]3ccccc3)c3ccccc3)[C@@H]1c1ccccc12. The predicted octanol–water partition coefficient (Wildman–Crippen LogP) is 5.98. The van der Waals surface area contributed by atoms with Crippen LogP contribution in [0.15, 0.2) is 85.2 Å². The highest BCUT2D eigenvalue weighted by Gasteiger charge is 2.54. The van der Waals surface area contributed by atoms with Gasteiger partial charge in [-0.25, -0.2) is 9.36 Å². The van der Waals surface area contributed by atoms with Crippen molar-refractivity contribution in [3.63, 3.8) is 0 Å². The second-order valence-electron chi connectivity index (χ2n) is 12.7. The van der Waals surface area contributed by atoms with Crippen LogP contribution in [0.1, 0.15) is 75.2 Å². The molecule has 1 aliphatic carbocycles. The standard InChI is InChI=1S/C34H40N3O3/c1-33(2,3)40-32(39)36-20-16-34(17-21-36)23-26-22-30(38)37(31(26)27-14-8-9-15-28(27)34)29(25-12-6-4-7-13-25)24-35-18-10-5-11-19-35/h4-15,18-19,26,29,31H,16-17,20-24H2,1-3H3/q+1/t26-,29+,31-/m0/s1. The zero-order valence-electron chi connectivity index (χ0n) is 23.8. The lowest BCUT2D eigenvalue weighted by atomic mass is 9.60. The zero-order valence-corrected chi connectivity index (χ0v) is 23.8. The van der Waals surface area contributed by atoms with Gasteiger partial charge in [-0.2, -0.15) is 0 Å². The fourth-order valence-corrected chi connectivity index (χ4v) is 7.33. The van der Waals surface area contributed by atoms with Crippen LogP contribution in [0.25, 0.3) is 0 Å². The Morgan fingerprint density at radius 2 is 1.62 bits per heavy atom. The van der Waals surface area contributed by atoms with E-state index in [1.807, 2.05) is 49.9 Å². The van der Waals surface area contributed by atoms with Crippen molar-refractivity contribution in [2.24, 2.45) is 5.92 Å². The third-order valence-corrected chi connectivity index (χ3v) is 9.03. The first-order chi connectivity index (χ1) is 19.2. The van der Waals surface area contributed by atoms with Gasteiger partial charge in [0.05, 0.1) is 6.04 Å². The number of benzene rings is 2. The van der Waals surface area contributed by atoms with Gasteiger partial charge >= 0.3 is 6.09 Å². The third-order valence-electron chi connectivity index (χ3n) is 9.03. The first kappa shape index (κ1) is 26.5. The minimum Gasteiger partial charge on any atom is -0.444 e. The molecule has 0 radical (unpaired) electrons. The maximum absolute atomic E-state index is 13.9. The number of piperidine rings is 1. The van der Waals surface area contributed by atoms with Gasteiger partial charge < -0.3 is 14.5 Å². The minimum atomic E-state index is -0.502. The lowest BCUT2D eigenvalue weighted by Gasteiger charge is -2.50. The number of amides is 2. The van der Waals surface area contributed by atoms with E-state index in [1.165, 1.54) is 11.1 Å². The maximum atomic E-state index is 13.9. The molecule has 0 N–H and O–H groups in total. The highest BCUT2D eigenvalue weighted by Crippen LogP contribution is 2.57. The van der Waals surface area contributed by atoms with Crippen molar-refractivity contribution >= 4 is 12.0 Å². The van der Waals surface area contributed by atoms with Crippen molar-refractivity contribution in [1.82, 2.24) is 9.80 Å². The molecule has 3 atom stereocenters. The lowest BCUT2D eigenvalue weighted by Crippen LogP contribution is -2.50. The molecule has 1 aromatic heterocycles. The molecule has 208 valence electrons. The van der Waals surface area contributed by atoms with Gasteiger partial charge in [0.25, 0.3) is 0 Å². The number of carbonyl (C=O) groups is 2. The van der Waals surface area contributed by atoms with Gasteiger partial charge in [-0.15, -0.1) is 0 Å². The van der Waals surface area contributed by atoms with E-state index in [0.717, 1.165) is 24.8 Å². The zero-order chi connectivity index (χ0) is 27.9. The maximum Gasteiger partial charge on any atom is 0.410 e. The average molecular weight is 539 g/mol. The fraction of sp³-hybridized carbons (Fsp3) is 0.441. The molecule has 6 heteroatoms. The molecule has 2 aliphatic heterocycles. The number of hydrogen-bond donors (Lipinski definition) is 0. The first-order valence-electron chi connectivity index (χ1n) is 14.6. The van der Waals surface area contributed by atoms with Gasteiger partial charge in [-0.05, 0) is 68.1 Å². The molecule has 2 fully saturated rings. The van der Waals surface area contributed by atoms with Gasteiger partial charge in [0.15, 0.2) is 18.9 Å². The smallest absolute Gasteiger partial charge is 0.410 e. The van der Waals surface area contributed by atoms with Crippen molar-refractivity contribution in [3.8, 4) is 0 Å². The van der Waals surface area contributed by atoms with Crippen LogP contribution in [-0.2, 0) is 21.5 Å². The van der Waals surface area contributed by atoms with Crippen LogP contribution >= 0.6 is 0 Å². The van der Waals surface area contributed by atoms with Crippen LogP contribution in [0.5, 0.6) is 0 Å². The summed E-state index contributed by atoms with van der Waals surface area (Å²) >= 11 is 0. The van der Waals surface area contributed by atoms with Crippen LogP contribution in [0.2, 0.25) is 0 Å². The lowest BCUT2D eigenvalue weighted by molar-refractivity contribution is -0.702. The second kappa shape index (κ2) is 10.4. The van der Waals surface area contributed by atoms with Gasteiger partial charge in [-0.3, -0.25) is 4.79 Å². The number of rotatable bonds is 4. The van der Waals surface area contributed by atoms with Gasteiger partial charge in [0, 0.05) is 31.6 Å². The van der Waals surface area contributed by atoms with E-state index in [-0.39, 0.29) is 35.4 Å². The van der Waals surface area contributed by atoms with Crippen molar-refractivity contribution in [2.45, 2.75) is 76.1 Å². The van der Waals surface area contributed by atoms with Crippen LogP contribution in [0.3, 0.4) is 0 Å². The Bertz CT molecular complexity index is 1360. The summed E-state index contributed by atoms with van der Waals surface area (Å²) in [5.41, 5.74) is 3.28. The van der Waals surface area contributed by atoms with Crippen LogP contribution in [0.4, 0.5) is 4.79 Å². The Morgan fingerprint density at radius 3 is 2.33 bits per heavy atom. The van der Waals surface area contributed by atoms with Gasteiger partial charge in [0.2, 0.25) is 5.91 Å². The Labute approximate surface area is 237 Å². The molecule has 6 nitrogen and oxygen atoms in total. The van der Waals surface area contributed by atoms with E-state index >= 15 is 0 Å². The largest absolute Gasteiger partial charge is 0.444 e. The molecule has 3 heterocycles. The molecule has 2 aromatic carbocycles. The molecule has 3 aliphatic rings. The number of hydrogen-bond acceptors (Lipinski definition) is 3. The number of fused-ring (bicyclic) bond motifs is 4. The van der Waals surface area contributed by atoms with E-state index in [9.17, 15) is 9.59 Å². The normalized spacial score (nSPS) is 22.5. The van der Waals surface area contributed by atoms with Crippen LogP contribution < -0.4 is 4.57 Å². The summed E-state index contributed by atoms with van der Waals surface area (Å²) in [7, 11) is 0.